The van der Waals surface area contributed by atoms with Crippen molar-refractivity contribution in [2.24, 2.45) is 0 Å². The largest absolute Gasteiger partial charge is 0.483 e. The molecule has 1 atom stereocenters. The lowest BCUT2D eigenvalue weighted by Gasteiger charge is -2.14. The molecule has 5 rings (SSSR count). The number of aryl methyl sites for hydroxylation is 2. The van der Waals surface area contributed by atoms with Gasteiger partial charge in [-0.25, -0.2) is 0 Å². The molecule has 0 bridgehead atoms. The van der Waals surface area contributed by atoms with Crippen LogP contribution in [0.25, 0.3) is 21.9 Å². The van der Waals surface area contributed by atoms with E-state index in [1.807, 2.05) is 61.5 Å². The standard InChI is InChI=1S/C24H20O3/c1-15(24(25)18-10-9-16-5-4-6-17(16)13-18)26-19-11-12-23-21(14-19)20-7-2-3-8-22(20)27-23/h2-3,7-15H,4-6H2,1H3. The lowest BCUT2D eigenvalue weighted by Crippen LogP contribution is -2.24. The number of Topliss-reactive ketones (excluding diaryl/α,β-unsaturated/α-hetero) is 1. The first kappa shape index (κ1) is 16.1. The predicted molar refractivity (Wildman–Crippen MR) is 107 cm³/mol. The van der Waals surface area contributed by atoms with E-state index in [4.69, 9.17) is 9.15 Å². The Morgan fingerprint density at radius 3 is 2.67 bits per heavy atom. The first-order chi connectivity index (χ1) is 13.2. The van der Waals surface area contributed by atoms with Crippen LogP contribution in [0.1, 0.15) is 34.8 Å². The Hall–Kier alpha value is -3.07. The van der Waals surface area contributed by atoms with Gasteiger partial charge in [-0.05, 0) is 67.6 Å². The molecule has 1 aromatic heterocycles. The summed E-state index contributed by atoms with van der Waals surface area (Å²) in [4.78, 5) is 12.8. The van der Waals surface area contributed by atoms with Gasteiger partial charge < -0.3 is 9.15 Å². The Morgan fingerprint density at radius 2 is 1.74 bits per heavy atom. The van der Waals surface area contributed by atoms with E-state index in [1.165, 1.54) is 17.5 Å². The van der Waals surface area contributed by atoms with Crippen molar-refractivity contribution in [2.45, 2.75) is 32.3 Å². The van der Waals surface area contributed by atoms with Crippen molar-refractivity contribution in [3.05, 3.63) is 77.4 Å². The molecular weight excluding hydrogens is 336 g/mol. The first-order valence-corrected chi connectivity index (χ1v) is 9.43. The molecule has 0 saturated heterocycles. The van der Waals surface area contributed by atoms with E-state index < -0.39 is 6.10 Å². The number of carbonyl (C=O) groups is 1. The topological polar surface area (TPSA) is 39.4 Å². The van der Waals surface area contributed by atoms with Gasteiger partial charge in [-0.2, -0.15) is 0 Å². The minimum atomic E-state index is -0.542. The molecule has 27 heavy (non-hydrogen) atoms. The molecule has 3 aromatic carbocycles. The van der Waals surface area contributed by atoms with Gasteiger partial charge in [-0.1, -0.05) is 30.3 Å². The molecule has 1 unspecified atom stereocenters. The fourth-order valence-corrected chi connectivity index (χ4v) is 4.00. The molecular formula is C24H20O3. The second-order valence-corrected chi connectivity index (χ2v) is 7.22. The van der Waals surface area contributed by atoms with Crippen LogP contribution in [0.3, 0.4) is 0 Å². The average Bonchev–Trinajstić information content (AvgIpc) is 3.30. The summed E-state index contributed by atoms with van der Waals surface area (Å²) in [6, 6.07) is 19.7. The lowest BCUT2D eigenvalue weighted by molar-refractivity contribution is 0.0818. The minimum absolute atomic E-state index is 0.0156. The number of ketones is 1. The minimum Gasteiger partial charge on any atom is -0.483 e. The number of fused-ring (bicyclic) bond motifs is 4. The molecule has 1 aliphatic carbocycles. The third-order valence-electron chi connectivity index (χ3n) is 5.41. The number of furan rings is 1. The van der Waals surface area contributed by atoms with E-state index in [2.05, 4.69) is 6.07 Å². The van der Waals surface area contributed by atoms with Gasteiger partial charge in [0.25, 0.3) is 0 Å². The van der Waals surface area contributed by atoms with E-state index in [-0.39, 0.29) is 5.78 Å². The summed E-state index contributed by atoms with van der Waals surface area (Å²) in [5.74, 6) is 0.693. The SMILES string of the molecule is CC(Oc1ccc2oc3ccccc3c2c1)C(=O)c1ccc2c(c1)CCC2. The number of rotatable bonds is 4. The zero-order valence-corrected chi connectivity index (χ0v) is 15.2. The van der Waals surface area contributed by atoms with E-state index in [9.17, 15) is 4.79 Å². The highest BCUT2D eigenvalue weighted by Gasteiger charge is 2.20. The zero-order chi connectivity index (χ0) is 18.4. The van der Waals surface area contributed by atoms with Crippen LogP contribution in [0.4, 0.5) is 0 Å². The van der Waals surface area contributed by atoms with Crippen molar-refractivity contribution >= 4 is 27.7 Å². The van der Waals surface area contributed by atoms with Crippen LogP contribution in [-0.4, -0.2) is 11.9 Å². The number of hydrogen-bond donors (Lipinski definition) is 0. The van der Waals surface area contributed by atoms with Gasteiger partial charge in [0.1, 0.15) is 16.9 Å². The van der Waals surface area contributed by atoms with Crippen molar-refractivity contribution < 1.29 is 13.9 Å². The summed E-state index contributed by atoms with van der Waals surface area (Å²) < 4.78 is 11.8. The fraction of sp³-hybridized carbons (Fsp3) is 0.208. The van der Waals surface area contributed by atoms with Crippen molar-refractivity contribution in [1.82, 2.24) is 0 Å². The second-order valence-electron chi connectivity index (χ2n) is 7.22. The average molecular weight is 356 g/mol. The van der Waals surface area contributed by atoms with Crippen molar-refractivity contribution in [2.75, 3.05) is 0 Å². The van der Waals surface area contributed by atoms with Crippen LogP contribution in [-0.2, 0) is 12.8 Å². The van der Waals surface area contributed by atoms with Crippen LogP contribution in [0.2, 0.25) is 0 Å². The van der Waals surface area contributed by atoms with E-state index >= 15 is 0 Å². The normalized spacial score (nSPS) is 14.4. The maximum atomic E-state index is 12.8. The highest BCUT2D eigenvalue weighted by Crippen LogP contribution is 2.32. The maximum Gasteiger partial charge on any atom is 0.203 e. The lowest BCUT2D eigenvalue weighted by atomic mass is 10.0. The van der Waals surface area contributed by atoms with Crippen LogP contribution < -0.4 is 4.74 Å². The number of carbonyl (C=O) groups excluding carboxylic acids is 1. The summed E-state index contributed by atoms with van der Waals surface area (Å²) in [5, 5.41) is 2.05. The van der Waals surface area contributed by atoms with Gasteiger partial charge in [0.05, 0.1) is 0 Å². The van der Waals surface area contributed by atoms with Crippen LogP contribution in [0.5, 0.6) is 5.75 Å². The third-order valence-corrected chi connectivity index (χ3v) is 5.41. The zero-order valence-electron chi connectivity index (χ0n) is 15.2. The molecule has 3 heteroatoms. The number of para-hydroxylation sites is 1. The van der Waals surface area contributed by atoms with Crippen LogP contribution in [0, 0.1) is 0 Å². The van der Waals surface area contributed by atoms with Gasteiger partial charge in [0, 0.05) is 16.3 Å². The predicted octanol–water partition coefficient (Wildman–Crippen LogP) is 5.72. The van der Waals surface area contributed by atoms with Crippen molar-refractivity contribution in [3.8, 4) is 5.75 Å². The number of ether oxygens (including phenoxy) is 1. The molecule has 0 saturated carbocycles. The summed E-state index contributed by atoms with van der Waals surface area (Å²) in [6.45, 7) is 1.81. The van der Waals surface area contributed by atoms with Gasteiger partial charge in [0.2, 0.25) is 5.78 Å². The van der Waals surface area contributed by atoms with E-state index in [0.29, 0.717) is 5.75 Å². The van der Waals surface area contributed by atoms with Crippen LogP contribution >= 0.6 is 0 Å². The van der Waals surface area contributed by atoms with Crippen molar-refractivity contribution in [3.63, 3.8) is 0 Å². The highest BCUT2D eigenvalue weighted by molar-refractivity contribution is 6.05. The number of hydrogen-bond acceptors (Lipinski definition) is 3. The summed E-state index contributed by atoms with van der Waals surface area (Å²) in [7, 11) is 0. The van der Waals surface area contributed by atoms with Gasteiger partial charge >= 0.3 is 0 Å². The Labute approximate surface area is 157 Å². The molecule has 0 aliphatic heterocycles. The van der Waals surface area contributed by atoms with Gasteiger partial charge in [0.15, 0.2) is 6.10 Å². The van der Waals surface area contributed by atoms with E-state index in [1.54, 1.807) is 0 Å². The summed E-state index contributed by atoms with van der Waals surface area (Å²) in [6.07, 6.45) is 2.82. The van der Waals surface area contributed by atoms with Gasteiger partial charge in [-0.3, -0.25) is 4.79 Å². The monoisotopic (exact) mass is 356 g/mol. The fourth-order valence-electron chi connectivity index (χ4n) is 4.00. The summed E-state index contributed by atoms with van der Waals surface area (Å²) in [5.41, 5.74) is 5.09. The first-order valence-electron chi connectivity index (χ1n) is 9.43. The second kappa shape index (κ2) is 6.27. The molecule has 134 valence electrons. The van der Waals surface area contributed by atoms with Gasteiger partial charge in [-0.15, -0.1) is 0 Å². The molecule has 0 N–H and O–H groups in total. The Morgan fingerprint density at radius 1 is 0.926 bits per heavy atom. The van der Waals surface area contributed by atoms with Crippen molar-refractivity contribution in [1.29, 1.82) is 0 Å². The van der Waals surface area contributed by atoms with Crippen LogP contribution in [0.15, 0.2) is 65.1 Å². The third kappa shape index (κ3) is 2.80. The smallest absolute Gasteiger partial charge is 0.203 e. The molecule has 0 fully saturated rings. The molecule has 1 aliphatic rings. The molecule has 3 nitrogen and oxygen atoms in total. The maximum absolute atomic E-state index is 12.8. The Balaban J connectivity index is 1.42. The summed E-state index contributed by atoms with van der Waals surface area (Å²) >= 11 is 0. The quantitative estimate of drug-likeness (QED) is 0.439. The van der Waals surface area contributed by atoms with E-state index in [0.717, 1.165) is 40.3 Å². The number of benzene rings is 3. The molecule has 1 heterocycles. The Kier molecular flexibility index (Phi) is 3.75. The molecule has 0 radical (unpaired) electrons. The molecule has 4 aromatic rings. The molecule has 0 amide bonds. The molecule has 0 spiro atoms. The Bertz CT molecular complexity index is 1170. The highest BCUT2D eigenvalue weighted by atomic mass is 16.5.